The average Bonchev–Trinajstić information content (AvgIpc) is 2.55. The molecular weight excluding hydrogens is 308 g/mol. The van der Waals surface area contributed by atoms with Crippen molar-refractivity contribution in [3.05, 3.63) is 0 Å². The molecule has 142 valence electrons. The van der Waals surface area contributed by atoms with Gasteiger partial charge in [0.25, 0.3) is 0 Å². The van der Waals surface area contributed by atoms with Gasteiger partial charge < -0.3 is 10.2 Å². The first-order chi connectivity index (χ1) is 11.1. The van der Waals surface area contributed by atoms with Crippen LogP contribution >= 0.6 is 0 Å². The molecule has 0 bridgehead atoms. The Morgan fingerprint density at radius 3 is 1.67 bits per heavy atom. The molecule has 5 heteroatoms. The smallest absolute Gasteiger partial charge is 0.163 e. The minimum absolute atomic E-state index is 0.0130. The van der Waals surface area contributed by atoms with Crippen LogP contribution < -0.4 is 0 Å². The number of aliphatic hydroxyl groups excluding tert-OH is 2. The highest BCUT2D eigenvalue weighted by atomic mass is 16.3. The summed E-state index contributed by atoms with van der Waals surface area (Å²) >= 11 is 0. The van der Waals surface area contributed by atoms with Gasteiger partial charge in [0.2, 0.25) is 0 Å². The second-order valence-electron chi connectivity index (χ2n) is 6.74. The van der Waals surface area contributed by atoms with Crippen LogP contribution in [0.3, 0.4) is 0 Å². The minimum atomic E-state index is -0.745. The molecule has 0 aliphatic carbocycles. The molecule has 0 rings (SSSR count). The molecule has 2 N–H and O–H groups in total. The maximum atomic E-state index is 11.3. The minimum Gasteiger partial charge on any atom is -0.393 e. The molecule has 0 amide bonds. The van der Waals surface area contributed by atoms with Crippen molar-refractivity contribution in [1.29, 1.82) is 0 Å². The molecule has 0 radical (unpaired) electrons. The Hall–Kier alpha value is -1.07. The standard InChI is InChI=1S/C12H22O3.C7H14O2/c1-4-10(13)5-6-11(14)7-8-12(15)9(2)3;1-4-6(8)7(9)5(2)3/h9-10,13H,4-8H2,1-3H3;5-6,8H,4H2,1-3H3. The van der Waals surface area contributed by atoms with Crippen molar-refractivity contribution in [3.8, 4) is 0 Å². The molecule has 0 saturated carbocycles. The van der Waals surface area contributed by atoms with E-state index in [-0.39, 0.29) is 35.3 Å². The van der Waals surface area contributed by atoms with E-state index in [1.165, 1.54) is 0 Å². The van der Waals surface area contributed by atoms with Crippen LogP contribution in [0, 0.1) is 11.8 Å². The molecule has 0 aromatic rings. The van der Waals surface area contributed by atoms with Gasteiger partial charge in [-0.3, -0.25) is 14.4 Å². The fourth-order valence-electron chi connectivity index (χ4n) is 1.79. The molecule has 0 aromatic heterocycles. The van der Waals surface area contributed by atoms with E-state index in [9.17, 15) is 19.5 Å². The zero-order chi connectivity index (χ0) is 19.3. The van der Waals surface area contributed by atoms with E-state index < -0.39 is 6.10 Å². The van der Waals surface area contributed by atoms with Gasteiger partial charge in [-0.05, 0) is 19.3 Å². The highest BCUT2D eigenvalue weighted by Crippen LogP contribution is 2.07. The van der Waals surface area contributed by atoms with Gasteiger partial charge >= 0.3 is 0 Å². The summed E-state index contributed by atoms with van der Waals surface area (Å²) in [5, 5.41) is 18.2. The van der Waals surface area contributed by atoms with Gasteiger partial charge in [0.05, 0.1) is 6.10 Å². The molecule has 2 atom stereocenters. The van der Waals surface area contributed by atoms with E-state index in [4.69, 9.17) is 5.11 Å². The van der Waals surface area contributed by atoms with Gasteiger partial charge in [-0.25, -0.2) is 0 Å². The summed E-state index contributed by atoms with van der Waals surface area (Å²) in [4.78, 5) is 33.4. The molecule has 0 aliphatic rings. The Labute approximate surface area is 146 Å². The van der Waals surface area contributed by atoms with Gasteiger partial charge in [-0.1, -0.05) is 41.5 Å². The third-order valence-electron chi connectivity index (χ3n) is 3.81. The lowest BCUT2D eigenvalue weighted by atomic mass is 10.0. The number of hydrogen-bond acceptors (Lipinski definition) is 5. The van der Waals surface area contributed by atoms with Crippen molar-refractivity contribution >= 4 is 17.3 Å². The van der Waals surface area contributed by atoms with Crippen LogP contribution in [0.15, 0.2) is 0 Å². The topological polar surface area (TPSA) is 91.7 Å². The zero-order valence-corrected chi connectivity index (χ0v) is 16.2. The first-order valence-corrected chi connectivity index (χ1v) is 9.00. The van der Waals surface area contributed by atoms with E-state index in [1.807, 2.05) is 20.8 Å². The summed E-state index contributed by atoms with van der Waals surface area (Å²) in [6.07, 6.45) is 1.66. The molecular formula is C19H36O5. The van der Waals surface area contributed by atoms with E-state index >= 15 is 0 Å². The van der Waals surface area contributed by atoms with Gasteiger partial charge in [0.1, 0.15) is 17.7 Å². The quantitative estimate of drug-likeness (QED) is 0.601. The maximum Gasteiger partial charge on any atom is 0.163 e. The number of ketones is 3. The lowest BCUT2D eigenvalue weighted by Gasteiger charge is -2.07. The second kappa shape index (κ2) is 14.3. The molecule has 24 heavy (non-hydrogen) atoms. The third-order valence-corrected chi connectivity index (χ3v) is 3.81. The number of rotatable bonds is 11. The Kier molecular flexibility index (Phi) is 15.0. The molecule has 0 heterocycles. The fraction of sp³-hybridized carbons (Fsp3) is 0.842. The van der Waals surface area contributed by atoms with Crippen molar-refractivity contribution < 1.29 is 24.6 Å². The monoisotopic (exact) mass is 344 g/mol. The van der Waals surface area contributed by atoms with Gasteiger partial charge in [-0.15, -0.1) is 0 Å². The Balaban J connectivity index is 0. The van der Waals surface area contributed by atoms with Crippen LogP contribution in [-0.2, 0) is 14.4 Å². The summed E-state index contributed by atoms with van der Waals surface area (Å²) in [6, 6.07) is 0. The second-order valence-corrected chi connectivity index (χ2v) is 6.74. The summed E-state index contributed by atoms with van der Waals surface area (Å²) in [5.41, 5.74) is 0. The van der Waals surface area contributed by atoms with E-state index in [2.05, 4.69) is 0 Å². The van der Waals surface area contributed by atoms with Crippen LogP contribution in [0.5, 0.6) is 0 Å². The third kappa shape index (κ3) is 13.4. The maximum absolute atomic E-state index is 11.3. The Bertz CT molecular complexity index is 374. The summed E-state index contributed by atoms with van der Waals surface area (Å²) in [6.45, 7) is 11.0. The molecule has 0 aliphatic heterocycles. The lowest BCUT2D eigenvalue weighted by molar-refractivity contribution is -0.130. The first kappa shape index (κ1) is 25.2. The zero-order valence-electron chi connectivity index (χ0n) is 16.2. The number of aliphatic hydroxyl groups is 2. The summed E-state index contributed by atoms with van der Waals surface area (Å²) < 4.78 is 0. The highest BCUT2D eigenvalue weighted by molar-refractivity contribution is 5.86. The van der Waals surface area contributed by atoms with Crippen LogP contribution in [0.4, 0.5) is 0 Å². The fourth-order valence-corrected chi connectivity index (χ4v) is 1.79. The number of carbonyl (C=O) groups excluding carboxylic acids is 3. The van der Waals surface area contributed by atoms with Gasteiger partial charge in [0, 0.05) is 31.1 Å². The molecule has 0 saturated heterocycles. The largest absolute Gasteiger partial charge is 0.393 e. The van der Waals surface area contributed by atoms with Crippen molar-refractivity contribution in [1.82, 2.24) is 0 Å². The first-order valence-electron chi connectivity index (χ1n) is 9.00. The number of Topliss-reactive ketones (excluding diaryl/α,β-unsaturated/α-hetero) is 3. The van der Waals surface area contributed by atoms with Crippen molar-refractivity contribution in [2.45, 2.75) is 92.3 Å². The van der Waals surface area contributed by atoms with Crippen LogP contribution in [-0.4, -0.2) is 39.8 Å². The lowest BCUT2D eigenvalue weighted by Crippen LogP contribution is -2.23. The van der Waals surface area contributed by atoms with E-state index in [1.54, 1.807) is 20.8 Å². The normalized spacial score (nSPS) is 13.2. The van der Waals surface area contributed by atoms with Crippen LogP contribution in [0.1, 0.15) is 80.1 Å². The average molecular weight is 344 g/mol. The predicted octanol–water partition coefficient (Wildman–Crippen LogP) is 3.09. The molecule has 0 spiro atoms. The Morgan fingerprint density at radius 2 is 1.33 bits per heavy atom. The SMILES string of the molecule is CCC(O)C(=O)C(C)C.CCC(O)CCC(=O)CCC(=O)C(C)C. The van der Waals surface area contributed by atoms with E-state index in [0.717, 1.165) is 0 Å². The van der Waals surface area contributed by atoms with Gasteiger partial charge in [-0.2, -0.15) is 0 Å². The van der Waals surface area contributed by atoms with Crippen molar-refractivity contribution in [3.63, 3.8) is 0 Å². The van der Waals surface area contributed by atoms with Crippen molar-refractivity contribution in [2.75, 3.05) is 0 Å². The summed E-state index contributed by atoms with van der Waals surface area (Å²) in [7, 11) is 0. The molecule has 5 nitrogen and oxygen atoms in total. The molecule has 0 aromatic carbocycles. The summed E-state index contributed by atoms with van der Waals surface area (Å²) in [5.74, 6) is 0.132. The van der Waals surface area contributed by atoms with Crippen molar-refractivity contribution in [2.24, 2.45) is 11.8 Å². The number of carbonyl (C=O) groups is 3. The van der Waals surface area contributed by atoms with Crippen LogP contribution in [0.2, 0.25) is 0 Å². The predicted molar refractivity (Wildman–Crippen MR) is 95.8 cm³/mol. The number of hydrogen-bond donors (Lipinski definition) is 2. The molecule has 2 unspecified atom stereocenters. The highest BCUT2D eigenvalue weighted by Gasteiger charge is 2.15. The Morgan fingerprint density at radius 1 is 0.792 bits per heavy atom. The molecule has 0 fully saturated rings. The van der Waals surface area contributed by atoms with Crippen LogP contribution in [0.25, 0.3) is 0 Å². The van der Waals surface area contributed by atoms with E-state index in [0.29, 0.717) is 38.5 Å². The van der Waals surface area contributed by atoms with Gasteiger partial charge in [0.15, 0.2) is 5.78 Å².